The molecule has 0 unspecified atom stereocenters. The van der Waals surface area contributed by atoms with Gasteiger partial charge in [-0.15, -0.1) is 0 Å². The fourth-order valence-corrected chi connectivity index (χ4v) is 3.80. The van der Waals surface area contributed by atoms with Crippen LogP contribution in [0.4, 0.5) is 0 Å². The fraction of sp³-hybridized carbons (Fsp3) is 0.647. The van der Waals surface area contributed by atoms with E-state index in [4.69, 9.17) is 4.55 Å². The van der Waals surface area contributed by atoms with Crippen molar-refractivity contribution in [3.63, 3.8) is 0 Å². The summed E-state index contributed by atoms with van der Waals surface area (Å²) < 4.78 is 30.0. The monoisotopic (exact) mass is 310 g/mol. The summed E-state index contributed by atoms with van der Waals surface area (Å²) in [5.74, 6) is 0.619. The van der Waals surface area contributed by atoms with Gasteiger partial charge in [0.25, 0.3) is 10.1 Å². The number of hydrogen-bond acceptors (Lipinski definition) is 2. The van der Waals surface area contributed by atoms with E-state index in [0.29, 0.717) is 6.42 Å². The van der Waals surface area contributed by atoms with Crippen LogP contribution in [0.1, 0.15) is 68.4 Å². The van der Waals surface area contributed by atoms with Gasteiger partial charge >= 0.3 is 0 Å². The molecule has 0 atom stereocenters. The van der Waals surface area contributed by atoms with Crippen LogP contribution in [0.3, 0.4) is 0 Å². The molecule has 0 aliphatic heterocycles. The van der Waals surface area contributed by atoms with E-state index in [1.165, 1.54) is 43.2 Å². The average Bonchev–Trinajstić information content (AvgIpc) is 2.47. The molecule has 21 heavy (non-hydrogen) atoms. The van der Waals surface area contributed by atoms with Crippen molar-refractivity contribution in [2.75, 3.05) is 5.75 Å². The molecule has 1 aliphatic rings. The Bertz CT molecular complexity index is 531. The average molecular weight is 310 g/mol. The van der Waals surface area contributed by atoms with E-state index in [2.05, 4.69) is 24.3 Å². The first-order valence-electron chi connectivity index (χ1n) is 8.08. The molecule has 0 heterocycles. The molecule has 1 fully saturated rings. The van der Waals surface area contributed by atoms with Gasteiger partial charge in [-0.2, -0.15) is 8.42 Å². The van der Waals surface area contributed by atoms with Gasteiger partial charge < -0.3 is 0 Å². The molecule has 0 bridgehead atoms. The first-order chi connectivity index (χ1) is 10.0. The maximum atomic E-state index is 10.6. The highest BCUT2D eigenvalue weighted by molar-refractivity contribution is 7.85. The third-order valence-corrected chi connectivity index (χ3v) is 5.20. The lowest BCUT2D eigenvalue weighted by Gasteiger charge is -2.22. The van der Waals surface area contributed by atoms with Gasteiger partial charge in [0.1, 0.15) is 0 Å². The van der Waals surface area contributed by atoms with Gasteiger partial charge in [0.05, 0.1) is 5.75 Å². The molecular weight excluding hydrogens is 284 g/mol. The molecule has 1 saturated carbocycles. The summed E-state index contributed by atoms with van der Waals surface area (Å²) in [6.07, 6.45) is 10.1. The summed E-state index contributed by atoms with van der Waals surface area (Å²) in [4.78, 5) is 0. The molecule has 4 heteroatoms. The van der Waals surface area contributed by atoms with Crippen molar-refractivity contribution >= 4 is 10.1 Å². The molecule has 1 N–H and O–H groups in total. The van der Waals surface area contributed by atoms with Crippen LogP contribution in [0, 0.1) is 0 Å². The maximum Gasteiger partial charge on any atom is 0.264 e. The van der Waals surface area contributed by atoms with Gasteiger partial charge in [-0.25, -0.2) is 0 Å². The lowest BCUT2D eigenvalue weighted by atomic mass is 9.83. The fourth-order valence-electron chi connectivity index (χ4n) is 3.23. The highest BCUT2D eigenvalue weighted by Gasteiger charge is 2.15. The zero-order valence-corrected chi connectivity index (χ0v) is 13.4. The molecule has 3 nitrogen and oxygen atoms in total. The van der Waals surface area contributed by atoms with Crippen LogP contribution in [0.25, 0.3) is 0 Å². The Hall–Kier alpha value is -0.870. The van der Waals surface area contributed by atoms with E-state index >= 15 is 0 Å². The van der Waals surface area contributed by atoms with E-state index in [1.54, 1.807) is 0 Å². The second-order valence-corrected chi connectivity index (χ2v) is 7.75. The molecule has 0 radical (unpaired) electrons. The highest BCUT2D eigenvalue weighted by Crippen LogP contribution is 2.32. The van der Waals surface area contributed by atoms with Crippen molar-refractivity contribution in [3.8, 4) is 0 Å². The number of benzene rings is 1. The summed E-state index contributed by atoms with van der Waals surface area (Å²) in [5, 5.41) is 0. The van der Waals surface area contributed by atoms with E-state index in [-0.39, 0.29) is 5.75 Å². The van der Waals surface area contributed by atoms with Gasteiger partial charge in [0.15, 0.2) is 0 Å². The molecule has 1 aromatic carbocycles. The largest absolute Gasteiger partial charge is 0.286 e. The van der Waals surface area contributed by atoms with Crippen LogP contribution in [0.5, 0.6) is 0 Å². The molecule has 1 aromatic rings. The Labute approximate surface area is 128 Å². The van der Waals surface area contributed by atoms with Crippen LogP contribution in [-0.2, 0) is 16.5 Å². The van der Waals surface area contributed by atoms with Gasteiger partial charge in [-0.3, -0.25) is 4.55 Å². The standard InChI is InChI=1S/C17H26O3S/c18-21(19,20)13-6-2-3-8-15-9-7-12-17(14-15)16-10-4-1-5-11-16/h7,9,12,14,16H,1-6,8,10-11,13H2,(H,18,19,20). The molecule has 118 valence electrons. The van der Waals surface area contributed by atoms with Crippen molar-refractivity contribution in [3.05, 3.63) is 35.4 Å². The maximum absolute atomic E-state index is 10.6. The van der Waals surface area contributed by atoms with E-state index in [0.717, 1.165) is 25.2 Å². The van der Waals surface area contributed by atoms with Crippen LogP contribution in [-0.4, -0.2) is 18.7 Å². The highest BCUT2D eigenvalue weighted by atomic mass is 32.2. The molecule has 1 aliphatic carbocycles. The predicted octanol–water partition coefficient (Wildman–Crippen LogP) is 4.33. The molecule has 0 spiro atoms. The molecule has 0 aromatic heterocycles. The number of unbranched alkanes of at least 4 members (excludes halogenated alkanes) is 2. The Morgan fingerprint density at radius 3 is 2.52 bits per heavy atom. The molecular formula is C17H26O3S. The Morgan fingerprint density at radius 2 is 1.81 bits per heavy atom. The molecule has 0 amide bonds. The smallest absolute Gasteiger partial charge is 0.264 e. The summed E-state index contributed by atoms with van der Waals surface area (Å²) in [6, 6.07) is 8.89. The first-order valence-corrected chi connectivity index (χ1v) is 9.69. The second kappa shape index (κ2) is 7.95. The number of rotatable bonds is 7. The zero-order chi connectivity index (χ0) is 15.1. The lowest BCUT2D eigenvalue weighted by molar-refractivity contribution is 0.443. The normalized spacial score (nSPS) is 17.0. The number of aryl methyl sites for hydroxylation is 1. The van der Waals surface area contributed by atoms with Crippen LogP contribution in [0.2, 0.25) is 0 Å². The van der Waals surface area contributed by atoms with Crippen molar-refractivity contribution in [2.24, 2.45) is 0 Å². The van der Waals surface area contributed by atoms with Crippen LogP contribution < -0.4 is 0 Å². The summed E-state index contributed by atoms with van der Waals surface area (Å²) in [6.45, 7) is 0. The van der Waals surface area contributed by atoms with Gasteiger partial charge in [-0.05, 0) is 49.1 Å². The predicted molar refractivity (Wildman–Crippen MR) is 86.2 cm³/mol. The Morgan fingerprint density at radius 1 is 1.05 bits per heavy atom. The van der Waals surface area contributed by atoms with E-state index in [1.807, 2.05) is 0 Å². The van der Waals surface area contributed by atoms with Crippen molar-refractivity contribution in [2.45, 2.75) is 63.7 Å². The Balaban J connectivity index is 1.78. The van der Waals surface area contributed by atoms with Crippen LogP contribution >= 0.6 is 0 Å². The van der Waals surface area contributed by atoms with Crippen molar-refractivity contribution < 1.29 is 13.0 Å². The minimum atomic E-state index is -3.79. The molecule has 0 saturated heterocycles. The minimum absolute atomic E-state index is 0.116. The minimum Gasteiger partial charge on any atom is -0.286 e. The van der Waals surface area contributed by atoms with Crippen molar-refractivity contribution in [1.82, 2.24) is 0 Å². The second-order valence-electron chi connectivity index (χ2n) is 6.18. The van der Waals surface area contributed by atoms with Gasteiger partial charge in [-0.1, -0.05) is 49.9 Å². The number of hydrogen-bond donors (Lipinski definition) is 1. The first kappa shape index (κ1) is 16.5. The summed E-state index contributed by atoms with van der Waals surface area (Å²) in [7, 11) is -3.79. The lowest BCUT2D eigenvalue weighted by Crippen LogP contribution is -2.05. The SMILES string of the molecule is O=S(=O)(O)CCCCCc1cccc(C2CCCCC2)c1. The zero-order valence-electron chi connectivity index (χ0n) is 12.6. The van der Waals surface area contributed by atoms with E-state index in [9.17, 15) is 8.42 Å². The third kappa shape index (κ3) is 6.18. The van der Waals surface area contributed by atoms with Gasteiger partial charge in [0, 0.05) is 0 Å². The topological polar surface area (TPSA) is 54.4 Å². The van der Waals surface area contributed by atoms with Gasteiger partial charge in [0.2, 0.25) is 0 Å². The summed E-state index contributed by atoms with van der Waals surface area (Å²) in [5.41, 5.74) is 2.83. The van der Waals surface area contributed by atoms with E-state index < -0.39 is 10.1 Å². The van der Waals surface area contributed by atoms with Crippen LogP contribution in [0.15, 0.2) is 24.3 Å². The Kier molecular flexibility index (Phi) is 6.24. The molecule has 2 rings (SSSR count). The summed E-state index contributed by atoms with van der Waals surface area (Å²) >= 11 is 0. The third-order valence-electron chi connectivity index (χ3n) is 4.40. The quantitative estimate of drug-likeness (QED) is 0.602. The van der Waals surface area contributed by atoms with Crippen molar-refractivity contribution in [1.29, 1.82) is 0 Å².